The lowest BCUT2D eigenvalue weighted by atomic mass is 10.2. The molecule has 1 aliphatic rings. The number of hydrogen-bond acceptors (Lipinski definition) is 4. The topological polar surface area (TPSA) is 43.6 Å². The van der Waals surface area contributed by atoms with Crippen molar-refractivity contribution in [1.29, 1.82) is 0 Å². The first-order valence-corrected chi connectivity index (χ1v) is 8.52. The molecule has 2 aromatic heterocycles. The Morgan fingerprint density at radius 2 is 2.09 bits per heavy atom. The Balaban J connectivity index is 1.61. The van der Waals surface area contributed by atoms with Gasteiger partial charge < -0.3 is 0 Å². The van der Waals surface area contributed by atoms with E-state index in [0.29, 0.717) is 11.8 Å². The molecule has 1 aromatic carbocycles. The molecule has 116 valence electrons. The first-order valence-electron chi connectivity index (χ1n) is 7.54. The van der Waals surface area contributed by atoms with Gasteiger partial charge >= 0.3 is 0 Å². The van der Waals surface area contributed by atoms with E-state index in [-0.39, 0.29) is 5.82 Å². The Hall–Kier alpha value is -2.21. The highest BCUT2D eigenvalue weighted by Crippen LogP contribution is 2.41. The third kappa shape index (κ3) is 3.12. The molecule has 1 fully saturated rings. The normalized spacial score (nSPS) is 14.1. The van der Waals surface area contributed by atoms with Crippen LogP contribution in [0.25, 0.3) is 11.4 Å². The second-order valence-corrected chi connectivity index (χ2v) is 6.51. The highest BCUT2D eigenvalue weighted by Gasteiger charge is 2.30. The molecule has 0 aliphatic heterocycles. The van der Waals surface area contributed by atoms with Gasteiger partial charge in [0.25, 0.3) is 0 Å². The molecule has 0 N–H and O–H groups in total. The first kappa shape index (κ1) is 14.4. The molecule has 4 rings (SSSR count). The first-order chi connectivity index (χ1) is 11.3. The predicted molar refractivity (Wildman–Crippen MR) is 87.5 cm³/mol. The average Bonchev–Trinajstić information content (AvgIpc) is 3.33. The molecule has 3 aromatic rings. The van der Waals surface area contributed by atoms with Crippen LogP contribution in [0.2, 0.25) is 0 Å². The van der Waals surface area contributed by atoms with Crippen LogP contribution in [0.3, 0.4) is 0 Å². The zero-order chi connectivity index (χ0) is 15.6. The minimum absolute atomic E-state index is 0.206. The second kappa shape index (κ2) is 6.12. The van der Waals surface area contributed by atoms with Crippen molar-refractivity contribution in [3.63, 3.8) is 0 Å². The van der Waals surface area contributed by atoms with Gasteiger partial charge in [-0.25, -0.2) is 4.39 Å². The quantitative estimate of drug-likeness (QED) is 0.662. The smallest absolute Gasteiger partial charge is 0.192 e. The van der Waals surface area contributed by atoms with Gasteiger partial charge in [-0.3, -0.25) is 9.55 Å². The number of halogens is 1. The Labute approximate surface area is 137 Å². The number of aromatic nitrogens is 4. The van der Waals surface area contributed by atoms with Crippen LogP contribution in [-0.4, -0.2) is 19.7 Å². The van der Waals surface area contributed by atoms with E-state index in [1.165, 1.54) is 6.07 Å². The summed E-state index contributed by atoms with van der Waals surface area (Å²) in [5.74, 6) is 1.33. The fourth-order valence-corrected chi connectivity index (χ4v) is 3.45. The van der Waals surface area contributed by atoms with Crippen molar-refractivity contribution in [3.05, 3.63) is 60.2 Å². The lowest BCUT2D eigenvalue weighted by molar-refractivity contribution is 0.626. The summed E-state index contributed by atoms with van der Waals surface area (Å²) in [5.41, 5.74) is 1.92. The van der Waals surface area contributed by atoms with E-state index < -0.39 is 0 Å². The van der Waals surface area contributed by atoms with Crippen molar-refractivity contribution in [2.24, 2.45) is 0 Å². The third-order valence-electron chi connectivity index (χ3n) is 3.75. The summed E-state index contributed by atoms with van der Waals surface area (Å²) in [6.45, 7) is 0. The summed E-state index contributed by atoms with van der Waals surface area (Å²) < 4.78 is 15.5. The number of benzene rings is 1. The third-order valence-corrected chi connectivity index (χ3v) is 4.77. The van der Waals surface area contributed by atoms with Gasteiger partial charge in [-0.1, -0.05) is 23.9 Å². The van der Waals surface area contributed by atoms with E-state index in [1.807, 2.05) is 24.4 Å². The number of nitrogens with zero attached hydrogens (tertiary/aromatic N) is 4. The summed E-state index contributed by atoms with van der Waals surface area (Å²) in [7, 11) is 0. The van der Waals surface area contributed by atoms with Gasteiger partial charge in [-0.05, 0) is 42.7 Å². The number of hydrogen-bond donors (Lipinski definition) is 0. The summed E-state index contributed by atoms with van der Waals surface area (Å²) in [4.78, 5) is 4.16. The number of thioether (sulfide) groups is 1. The molecule has 0 amide bonds. The van der Waals surface area contributed by atoms with Gasteiger partial charge in [0.2, 0.25) is 0 Å². The van der Waals surface area contributed by atoms with Crippen LogP contribution in [0.4, 0.5) is 4.39 Å². The van der Waals surface area contributed by atoms with Crippen LogP contribution in [-0.2, 0) is 5.75 Å². The Morgan fingerprint density at radius 3 is 2.83 bits per heavy atom. The van der Waals surface area contributed by atoms with Crippen LogP contribution in [0, 0.1) is 5.82 Å². The maximum Gasteiger partial charge on any atom is 0.192 e. The van der Waals surface area contributed by atoms with E-state index in [9.17, 15) is 4.39 Å². The average molecular weight is 326 g/mol. The molecule has 1 saturated carbocycles. The van der Waals surface area contributed by atoms with Crippen molar-refractivity contribution in [2.75, 3.05) is 0 Å². The molecular formula is C17H15FN4S. The second-order valence-electron chi connectivity index (χ2n) is 5.57. The van der Waals surface area contributed by atoms with Crippen LogP contribution < -0.4 is 0 Å². The van der Waals surface area contributed by atoms with Crippen molar-refractivity contribution in [1.82, 2.24) is 19.7 Å². The number of pyridine rings is 1. The maximum atomic E-state index is 13.3. The summed E-state index contributed by atoms with van der Waals surface area (Å²) in [5, 5.41) is 9.59. The van der Waals surface area contributed by atoms with Gasteiger partial charge in [-0.2, -0.15) is 0 Å². The Morgan fingerprint density at radius 1 is 1.17 bits per heavy atom. The SMILES string of the molecule is Fc1cccc(CSc2nnc(-c3cccnc3)n2C2CC2)c1. The summed E-state index contributed by atoms with van der Waals surface area (Å²) >= 11 is 1.59. The van der Waals surface area contributed by atoms with E-state index in [1.54, 1.807) is 30.1 Å². The molecule has 6 heteroatoms. The lowest BCUT2D eigenvalue weighted by Gasteiger charge is -2.08. The van der Waals surface area contributed by atoms with Crippen molar-refractivity contribution in [2.45, 2.75) is 29.8 Å². The largest absolute Gasteiger partial charge is 0.299 e. The van der Waals surface area contributed by atoms with Crippen LogP contribution in [0.1, 0.15) is 24.4 Å². The van der Waals surface area contributed by atoms with Crippen LogP contribution in [0.5, 0.6) is 0 Å². The zero-order valence-electron chi connectivity index (χ0n) is 12.4. The minimum atomic E-state index is -0.206. The fourth-order valence-electron chi connectivity index (χ4n) is 2.50. The van der Waals surface area contributed by atoms with Crippen molar-refractivity contribution < 1.29 is 4.39 Å². The highest BCUT2D eigenvalue weighted by atomic mass is 32.2. The Bertz CT molecular complexity index is 814. The molecule has 23 heavy (non-hydrogen) atoms. The molecule has 1 aliphatic carbocycles. The van der Waals surface area contributed by atoms with E-state index >= 15 is 0 Å². The van der Waals surface area contributed by atoms with Gasteiger partial charge in [0.15, 0.2) is 11.0 Å². The van der Waals surface area contributed by atoms with Crippen molar-refractivity contribution >= 4 is 11.8 Å². The standard InChI is InChI=1S/C17H15FN4S/c18-14-5-1-3-12(9-14)11-23-17-21-20-16(22(17)15-6-7-15)13-4-2-8-19-10-13/h1-5,8-10,15H,6-7,11H2. The Kier molecular flexibility index (Phi) is 3.83. The summed E-state index contributed by atoms with van der Waals surface area (Å²) in [6, 6.07) is 11.1. The monoisotopic (exact) mass is 326 g/mol. The molecule has 0 radical (unpaired) electrons. The predicted octanol–water partition coefficient (Wildman–Crippen LogP) is 4.11. The number of rotatable bonds is 5. The molecule has 4 nitrogen and oxygen atoms in total. The van der Waals surface area contributed by atoms with Gasteiger partial charge in [0.1, 0.15) is 5.82 Å². The molecule has 0 saturated heterocycles. The molecule has 0 atom stereocenters. The van der Waals surface area contributed by atoms with Gasteiger partial charge in [-0.15, -0.1) is 10.2 Å². The maximum absolute atomic E-state index is 13.3. The van der Waals surface area contributed by atoms with E-state index in [2.05, 4.69) is 19.7 Å². The van der Waals surface area contributed by atoms with Crippen LogP contribution >= 0.6 is 11.8 Å². The molecule has 2 heterocycles. The van der Waals surface area contributed by atoms with E-state index in [0.717, 1.165) is 34.9 Å². The van der Waals surface area contributed by atoms with E-state index in [4.69, 9.17) is 0 Å². The molecular weight excluding hydrogens is 311 g/mol. The molecule has 0 bridgehead atoms. The molecule has 0 spiro atoms. The fraction of sp³-hybridized carbons (Fsp3) is 0.235. The molecule has 0 unspecified atom stereocenters. The highest BCUT2D eigenvalue weighted by molar-refractivity contribution is 7.98. The summed E-state index contributed by atoms with van der Waals surface area (Å²) in [6.07, 6.45) is 5.86. The van der Waals surface area contributed by atoms with Crippen LogP contribution in [0.15, 0.2) is 53.9 Å². The van der Waals surface area contributed by atoms with Gasteiger partial charge in [0, 0.05) is 29.8 Å². The van der Waals surface area contributed by atoms with Crippen molar-refractivity contribution in [3.8, 4) is 11.4 Å². The lowest BCUT2D eigenvalue weighted by Crippen LogP contribution is -2.00. The minimum Gasteiger partial charge on any atom is -0.299 e. The van der Waals surface area contributed by atoms with Gasteiger partial charge in [0.05, 0.1) is 0 Å². The zero-order valence-corrected chi connectivity index (χ0v) is 13.2.